The Morgan fingerprint density at radius 1 is 1.00 bits per heavy atom. The van der Waals surface area contributed by atoms with Gasteiger partial charge in [0.1, 0.15) is 12.4 Å². The Kier molecular flexibility index (Phi) is 4.71. The molecule has 108 valence electrons. The van der Waals surface area contributed by atoms with Gasteiger partial charge in [-0.15, -0.1) is 11.6 Å². The molecule has 21 heavy (non-hydrogen) atoms. The molecule has 0 heterocycles. The minimum Gasteiger partial charge on any atom is -0.483 e. The maximum atomic E-state index is 13.7. The molecular formula is C15H9ClF3NO. The highest BCUT2D eigenvalue weighted by molar-refractivity contribution is 6.17. The molecule has 0 aliphatic carbocycles. The van der Waals surface area contributed by atoms with Gasteiger partial charge in [0.2, 0.25) is 0 Å². The second-order valence-corrected chi connectivity index (χ2v) is 4.54. The van der Waals surface area contributed by atoms with E-state index in [1.807, 2.05) is 0 Å². The molecule has 0 atom stereocenters. The van der Waals surface area contributed by atoms with Crippen molar-refractivity contribution in [1.29, 1.82) is 5.26 Å². The summed E-state index contributed by atoms with van der Waals surface area (Å²) < 4.78 is 45.6. The van der Waals surface area contributed by atoms with E-state index >= 15 is 0 Å². The number of halogens is 4. The van der Waals surface area contributed by atoms with Gasteiger partial charge >= 0.3 is 0 Å². The SMILES string of the molecule is N#Cc1cc(F)cc(COc2c(F)cc(CCl)cc2F)c1. The standard InChI is InChI=1S/C15H9ClF3NO/c16-6-9-4-13(18)15(14(19)5-9)21-8-11-1-10(7-20)2-12(17)3-11/h1-5H,6,8H2. The summed E-state index contributed by atoms with van der Waals surface area (Å²) in [7, 11) is 0. The molecule has 2 rings (SSSR count). The van der Waals surface area contributed by atoms with E-state index in [2.05, 4.69) is 0 Å². The lowest BCUT2D eigenvalue weighted by molar-refractivity contribution is 0.273. The quantitative estimate of drug-likeness (QED) is 0.789. The number of rotatable bonds is 4. The molecule has 2 nitrogen and oxygen atoms in total. The van der Waals surface area contributed by atoms with Gasteiger partial charge in [0.25, 0.3) is 0 Å². The topological polar surface area (TPSA) is 33.0 Å². The maximum Gasteiger partial charge on any atom is 0.191 e. The molecule has 0 spiro atoms. The summed E-state index contributed by atoms with van der Waals surface area (Å²) in [6, 6.07) is 7.49. The number of hydrogen-bond donors (Lipinski definition) is 0. The second kappa shape index (κ2) is 6.51. The fraction of sp³-hybridized carbons (Fsp3) is 0.133. The summed E-state index contributed by atoms with van der Waals surface area (Å²) in [4.78, 5) is 0. The molecular weight excluding hydrogens is 303 g/mol. The molecule has 0 unspecified atom stereocenters. The lowest BCUT2D eigenvalue weighted by atomic mass is 10.1. The summed E-state index contributed by atoms with van der Waals surface area (Å²) >= 11 is 5.50. The van der Waals surface area contributed by atoms with E-state index in [-0.39, 0.29) is 23.6 Å². The van der Waals surface area contributed by atoms with E-state index < -0.39 is 23.2 Å². The predicted molar refractivity (Wildman–Crippen MR) is 71.4 cm³/mol. The summed E-state index contributed by atoms with van der Waals surface area (Å²) in [5.41, 5.74) is 0.690. The van der Waals surface area contributed by atoms with Crippen LogP contribution in [0.25, 0.3) is 0 Å². The van der Waals surface area contributed by atoms with Crippen LogP contribution in [0.15, 0.2) is 30.3 Å². The molecule has 0 aliphatic rings. The molecule has 0 bridgehead atoms. The fourth-order valence-electron chi connectivity index (χ4n) is 1.78. The van der Waals surface area contributed by atoms with Gasteiger partial charge in [-0.2, -0.15) is 5.26 Å². The summed E-state index contributed by atoms with van der Waals surface area (Å²) in [6.07, 6.45) is 0. The van der Waals surface area contributed by atoms with Gasteiger partial charge in [-0.25, -0.2) is 13.2 Å². The number of nitriles is 1. The summed E-state index contributed by atoms with van der Waals surface area (Å²) in [5.74, 6) is -2.98. The van der Waals surface area contributed by atoms with Crippen molar-refractivity contribution in [2.75, 3.05) is 0 Å². The van der Waals surface area contributed by atoms with Crippen molar-refractivity contribution in [2.45, 2.75) is 12.5 Å². The molecule has 2 aromatic carbocycles. The van der Waals surface area contributed by atoms with E-state index in [1.54, 1.807) is 6.07 Å². The lowest BCUT2D eigenvalue weighted by Gasteiger charge is -2.10. The van der Waals surface area contributed by atoms with Crippen molar-refractivity contribution in [3.05, 3.63) is 64.5 Å². The second-order valence-electron chi connectivity index (χ2n) is 4.27. The van der Waals surface area contributed by atoms with Gasteiger partial charge in [-0.05, 0) is 41.5 Å². The van der Waals surface area contributed by atoms with Crippen molar-refractivity contribution >= 4 is 11.6 Å². The van der Waals surface area contributed by atoms with Gasteiger partial charge in [-0.1, -0.05) is 0 Å². The fourth-order valence-corrected chi connectivity index (χ4v) is 1.94. The van der Waals surface area contributed by atoms with E-state index in [9.17, 15) is 13.2 Å². The van der Waals surface area contributed by atoms with Crippen molar-refractivity contribution < 1.29 is 17.9 Å². The van der Waals surface area contributed by atoms with E-state index in [0.29, 0.717) is 5.56 Å². The van der Waals surface area contributed by atoms with Gasteiger partial charge < -0.3 is 4.74 Å². The average Bonchev–Trinajstić information content (AvgIpc) is 2.45. The Bertz CT molecular complexity index is 690. The van der Waals surface area contributed by atoms with Crippen LogP contribution >= 0.6 is 11.6 Å². The first kappa shape index (κ1) is 15.2. The van der Waals surface area contributed by atoms with Gasteiger partial charge in [-0.3, -0.25) is 0 Å². The number of alkyl halides is 1. The Hall–Kier alpha value is -2.19. The van der Waals surface area contributed by atoms with Crippen LogP contribution in [0.2, 0.25) is 0 Å². The van der Waals surface area contributed by atoms with Crippen LogP contribution in [-0.4, -0.2) is 0 Å². The predicted octanol–water partition coefficient (Wildman–Crippen LogP) is 4.29. The van der Waals surface area contributed by atoms with Crippen LogP contribution in [0.1, 0.15) is 16.7 Å². The van der Waals surface area contributed by atoms with Gasteiger partial charge in [0, 0.05) is 5.88 Å². The molecule has 2 aromatic rings. The number of hydrogen-bond acceptors (Lipinski definition) is 2. The Morgan fingerprint density at radius 2 is 1.67 bits per heavy atom. The zero-order valence-electron chi connectivity index (χ0n) is 10.7. The number of nitrogens with zero attached hydrogens (tertiary/aromatic N) is 1. The molecule has 0 aliphatic heterocycles. The third-order valence-electron chi connectivity index (χ3n) is 2.68. The highest BCUT2D eigenvalue weighted by Gasteiger charge is 2.13. The molecule has 0 saturated heterocycles. The molecule has 6 heteroatoms. The molecule has 0 fully saturated rings. The molecule has 0 radical (unpaired) electrons. The van der Waals surface area contributed by atoms with Crippen LogP contribution in [-0.2, 0) is 12.5 Å². The van der Waals surface area contributed by atoms with Crippen molar-refractivity contribution in [3.8, 4) is 11.8 Å². The first-order valence-corrected chi connectivity index (χ1v) is 6.43. The minimum atomic E-state index is -0.887. The maximum absolute atomic E-state index is 13.7. The largest absolute Gasteiger partial charge is 0.483 e. The lowest BCUT2D eigenvalue weighted by Crippen LogP contribution is -2.02. The first-order chi connectivity index (χ1) is 10.0. The van der Waals surface area contributed by atoms with Gasteiger partial charge in [0.15, 0.2) is 17.4 Å². The van der Waals surface area contributed by atoms with E-state index in [4.69, 9.17) is 21.6 Å². The highest BCUT2D eigenvalue weighted by atomic mass is 35.5. The monoisotopic (exact) mass is 311 g/mol. The summed E-state index contributed by atoms with van der Waals surface area (Å²) in [5, 5.41) is 8.73. The molecule has 0 saturated carbocycles. The number of benzene rings is 2. The molecule has 0 amide bonds. The Morgan fingerprint density at radius 3 is 2.24 bits per heavy atom. The van der Waals surface area contributed by atoms with Crippen LogP contribution in [0.4, 0.5) is 13.2 Å². The Balaban J connectivity index is 2.21. The van der Waals surface area contributed by atoms with E-state index in [0.717, 1.165) is 24.3 Å². The normalized spacial score (nSPS) is 10.2. The van der Waals surface area contributed by atoms with Crippen LogP contribution in [0, 0.1) is 28.8 Å². The zero-order valence-corrected chi connectivity index (χ0v) is 11.4. The number of ether oxygens (including phenoxy) is 1. The van der Waals surface area contributed by atoms with Crippen LogP contribution in [0.3, 0.4) is 0 Å². The Labute approximate surface area is 124 Å². The van der Waals surface area contributed by atoms with Crippen molar-refractivity contribution in [2.24, 2.45) is 0 Å². The molecule has 0 aromatic heterocycles. The third-order valence-corrected chi connectivity index (χ3v) is 2.99. The highest BCUT2D eigenvalue weighted by Crippen LogP contribution is 2.25. The first-order valence-electron chi connectivity index (χ1n) is 5.89. The third kappa shape index (κ3) is 3.67. The molecule has 0 N–H and O–H groups in total. The average molecular weight is 312 g/mol. The van der Waals surface area contributed by atoms with Crippen LogP contribution < -0.4 is 4.74 Å². The smallest absolute Gasteiger partial charge is 0.191 e. The summed E-state index contributed by atoms with van der Waals surface area (Å²) in [6.45, 7) is -0.263. The van der Waals surface area contributed by atoms with Crippen molar-refractivity contribution in [3.63, 3.8) is 0 Å². The van der Waals surface area contributed by atoms with Crippen LogP contribution in [0.5, 0.6) is 5.75 Å². The minimum absolute atomic E-state index is 0.0243. The van der Waals surface area contributed by atoms with Crippen molar-refractivity contribution in [1.82, 2.24) is 0 Å². The van der Waals surface area contributed by atoms with Gasteiger partial charge in [0.05, 0.1) is 11.6 Å². The zero-order chi connectivity index (χ0) is 15.4. The van der Waals surface area contributed by atoms with E-state index in [1.165, 1.54) is 6.07 Å².